The van der Waals surface area contributed by atoms with Crippen molar-refractivity contribution in [1.29, 1.82) is 0 Å². The topological polar surface area (TPSA) is 37.8 Å². The van der Waals surface area contributed by atoms with Gasteiger partial charge in [-0.25, -0.2) is 4.98 Å². The zero-order valence-corrected chi connectivity index (χ0v) is 11.1. The molecule has 2 aromatic rings. The van der Waals surface area contributed by atoms with Gasteiger partial charge in [-0.3, -0.25) is 4.98 Å². The highest BCUT2D eigenvalue weighted by Crippen LogP contribution is 2.20. The fourth-order valence-electron chi connectivity index (χ4n) is 1.31. The number of thiazole rings is 2. The first-order valence-electron chi connectivity index (χ1n) is 5.28. The van der Waals surface area contributed by atoms with Crippen molar-refractivity contribution in [3.8, 4) is 0 Å². The maximum absolute atomic E-state index is 4.40. The van der Waals surface area contributed by atoms with Gasteiger partial charge in [0.05, 0.1) is 10.5 Å². The number of hydrogen-bond donors (Lipinski definition) is 1. The smallest absolute Gasteiger partial charge is 0.0953 e. The Morgan fingerprint density at radius 3 is 2.69 bits per heavy atom. The Morgan fingerprint density at radius 1 is 1.25 bits per heavy atom. The molecule has 0 radical (unpaired) electrons. The minimum atomic E-state index is 0.528. The quantitative estimate of drug-likeness (QED) is 0.890. The Morgan fingerprint density at radius 2 is 2.06 bits per heavy atom. The Bertz CT molecular complexity index is 420. The highest BCUT2D eigenvalue weighted by atomic mass is 32.1. The van der Waals surface area contributed by atoms with Gasteiger partial charge in [-0.15, -0.1) is 22.7 Å². The Labute approximate surface area is 104 Å². The normalized spacial score (nSPS) is 11.2. The Balaban J connectivity index is 1.81. The van der Waals surface area contributed by atoms with E-state index in [-0.39, 0.29) is 0 Å². The third-order valence-corrected chi connectivity index (χ3v) is 4.22. The van der Waals surface area contributed by atoms with Crippen LogP contribution in [0.4, 0.5) is 0 Å². The standard InChI is InChI=1S/C11H15N3S2/c1-8(2)11-14-6-10(16-11)5-12-3-9-4-13-7-15-9/h4,6-8,12H,3,5H2,1-2H3. The van der Waals surface area contributed by atoms with Crippen LogP contribution in [0.2, 0.25) is 0 Å². The van der Waals surface area contributed by atoms with Gasteiger partial charge in [0.15, 0.2) is 0 Å². The lowest BCUT2D eigenvalue weighted by Gasteiger charge is -1.99. The van der Waals surface area contributed by atoms with Crippen molar-refractivity contribution >= 4 is 22.7 Å². The number of nitrogens with one attached hydrogen (secondary N) is 1. The van der Waals surface area contributed by atoms with Crippen LogP contribution in [-0.4, -0.2) is 9.97 Å². The van der Waals surface area contributed by atoms with E-state index in [0.29, 0.717) is 5.92 Å². The van der Waals surface area contributed by atoms with Crippen LogP contribution >= 0.6 is 22.7 Å². The third kappa shape index (κ3) is 3.10. The van der Waals surface area contributed by atoms with E-state index in [2.05, 4.69) is 29.1 Å². The highest BCUT2D eigenvalue weighted by Gasteiger charge is 2.05. The molecule has 0 atom stereocenters. The van der Waals surface area contributed by atoms with E-state index in [1.165, 1.54) is 14.8 Å². The summed E-state index contributed by atoms with van der Waals surface area (Å²) in [6, 6.07) is 0. The SMILES string of the molecule is CC(C)c1ncc(CNCc2cncs2)s1. The molecule has 5 heteroatoms. The lowest BCUT2D eigenvalue weighted by Crippen LogP contribution is -2.10. The van der Waals surface area contributed by atoms with Gasteiger partial charge in [0.25, 0.3) is 0 Å². The summed E-state index contributed by atoms with van der Waals surface area (Å²) in [4.78, 5) is 11.0. The van der Waals surface area contributed by atoms with Crippen molar-refractivity contribution in [2.75, 3.05) is 0 Å². The molecule has 0 saturated heterocycles. The lowest BCUT2D eigenvalue weighted by molar-refractivity contribution is 0.707. The van der Waals surface area contributed by atoms with Crippen LogP contribution in [0.15, 0.2) is 17.9 Å². The van der Waals surface area contributed by atoms with Crippen molar-refractivity contribution in [3.05, 3.63) is 32.7 Å². The molecule has 0 saturated carbocycles. The van der Waals surface area contributed by atoms with Crippen LogP contribution in [-0.2, 0) is 13.1 Å². The molecule has 2 aromatic heterocycles. The second-order valence-electron chi connectivity index (χ2n) is 3.89. The molecule has 0 fully saturated rings. The van der Waals surface area contributed by atoms with E-state index >= 15 is 0 Å². The van der Waals surface area contributed by atoms with Crippen LogP contribution < -0.4 is 5.32 Å². The average molecular weight is 253 g/mol. The molecule has 0 amide bonds. The van der Waals surface area contributed by atoms with E-state index in [4.69, 9.17) is 0 Å². The molecular formula is C11H15N3S2. The average Bonchev–Trinajstić information content (AvgIpc) is 2.87. The molecule has 0 aliphatic heterocycles. The van der Waals surface area contributed by atoms with E-state index < -0.39 is 0 Å². The summed E-state index contributed by atoms with van der Waals surface area (Å²) in [5, 5.41) is 4.61. The molecule has 3 nitrogen and oxygen atoms in total. The number of rotatable bonds is 5. The highest BCUT2D eigenvalue weighted by molar-refractivity contribution is 7.11. The second kappa shape index (κ2) is 5.52. The van der Waals surface area contributed by atoms with E-state index in [1.807, 2.05) is 17.9 Å². The van der Waals surface area contributed by atoms with Crippen LogP contribution in [0, 0.1) is 0 Å². The van der Waals surface area contributed by atoms with Gasteiger partial charge in [-0.2, -0.15) is 0 Å². The van der Waals surface area contributed by atoms with Crippen LogP contribution in [0.1, 0.15) is 34.5 Å². The van der Waals surface area contributed by atoms with Gasteiger partial charge in [-0.05, 0) is 0 Å². The molecule has 0 unspecified atom stereocenters. The number of nitrogens with zero attached hydrogens (tertiary/aromatic N) is 2. The molecule has 0 aliphatic rings. The molecule has 1 N–H and O–H groups in total. The van der Waals surface area contributed by atoms with E-state index in [0.717, 1.165) is 13.1 Å². The number of aromatic nitrogens is 2. The summed E-state index contributed by atoms with van der Waals surface area (Å²) in [5.41, 5.74) is 1.86. The molecule has 0 spiro atoms. The van der Waals surface area contributed by atoms with Gasteiger partial charge in [0.2, 0.25) is 0 Å². The maximum atomic E-state index is 4.40. The minimum absolute atomic E-state index is 0.528. The first-order chi connectivity index (χ1) is 7.75. The van der Waals surface area contributed by atoms with Crippen molar-refractivity contribution in [2.45, 2.75) is 32.9 Å². The molecule has 2 heterocycles. The largest absolute Gasteiger partial charge is 0.307 e. The van der Waals surface area contributed by atoms with E-state index in [9.17, 15) is 0 Å². The Kier molecular flexibility index (Phi) is 4.04. The molecule has 0 bridgehead atoms. The predicted molar refractivity (Wildman–Crippen MR) is 68.9 cm³/mol. The lowest BCUT2D eigenvalue weighted by atomic mass is 10.2. The molecule has 16 heavy (non-hydrogen) atoms. The molecule has 86 valence electrons. The van der Waals surface area contributed by atoms with Crippen molar-refractivity contribution in [2.24, 2.45) is 0 Å². The van der Waals surface area contributed by atoms with Crippen LogP contribution in [0.5, 0.6) is 0 Å². The van der Waals surface area contributed by atoms with Gasteiger partial charge < -0.3 is 5.32 Å². The molecule has 0 aromatic carbocycles. The zero-order chi connectivity index (χ0) is 11.4. The fraction of sp³-hybridized carbons (Fsp3) is 0.455. The molecular weight excluding hydrogens is 238 g/mol. The third-order valence-electron chi connectivity index (χ3n) is 2.15. The van der Waals surface area contributed by atoms with Crippen LogP contribution in [0.3, 0.4) is 0 Å². The van der Waals surface area contributed by atoms with E-state index in [1.54, 1.807) is 22.7 Å². The van der Waals surface area contributed by atoms with Crippen LogP contribution in [0.25, 0.3) is 0 Å². The first kappa shape index (κ1) is 11.7. The van der Waals surface area contributed by atoms with Gasteiger partial charge in [0.1, 0.15) is 0 Å². The first-order valence-corrected chi connectivity index (χ1v) is 6.98. The maximum Gasteiger partial charge on any atom is 0.0953 e. The molecule has 0 aliphatic carbocycles. The fourth-order valence-corrected chi connectivity index (χ4v) is 2.76. The summed E-state index contributed by atoms with van der Waals surface area (Å²) >= 11 is 3.47. The minimum Gasteiger partial charge on any atom is -0.307 e. The zero-order valence-electron chi connectivity index (χ0n) is 9.43. The van der Waals surface area contributed by atoms with Crippen molar-refractivity contribution in [1.82, 2.24) is 15.3 Å². The predicted octanol–water partition coefficient (Wildman–Crippen LogP) is 3.01. The van der Waals surface area contributed by atoms with Gasteiger partial charge in [-0.1, -0.05) is 13.8 Å². The summed E-state index contributed by atoms with van der Waals surface area (Å²) in [7, 11) is 0. The van der Waals surface area contributed by atoms with Gasteiger partial charge in [0, 0.05) is 41.2 Å². The second-order valence-corrected chi connectivity index (χ2v) is 6.01. The summed E-state index contributed by atoms with van der Waals surface area (Å²) in [6.45, 7) is 6.13. The van der Waals surface area contributed by atoms with Crippen molar-refractivity contribution < 1.29 is 0 Å². The van der Waals surface area contributed by atoms with Gasteiger partial charge >= 0.3 is 0 Å². The Hall–Kier alpha value is -0.780. The van der Waals surface area contributed by atoms with Crippen molar-refractivity contribution in [3.63, 3.8) is 0 Å². The monoisotopic (exact) mass is 253 g/mol. The summed E-state index contributed by atoms with van der Waals surface area (Å²) in [6.07, 6.45) is 3.88. The number of hydrogen-bond acceptors (Lipinski definition) is 5. The summed E-state index contributed by atoms with van der Waals surface area (Å²) < 4.78 is 0. The summed E-state index contributed by atoms with van der Waals surface area (Å²) in [5.74, 6) is 0.528. The molecule has 2 rings (SSSR count).